The van der Waals surface area contributed by atoms with Gasteiger partial charge in [0.25, 0.3) is 11.7 Å². The topological polar surface area (TPSA) is 186 Å². The molecular weight excluding hydrogens is 448 g/mol. The van der Waals surface area contributed by atoms with Crippen LogP contribution in [0.25, 0.3) is 0 Å². The number of anilines is 4. The van der Waals surface area contributed by atoms with Crippen LogP contribution in [0.4, 0.5) is 29.2 Å². The predicted molar refractivity (Wildman–Crippen MR) is 123 cm³/mol. The quantitative estimate of drug-likeness (QED) is 0.226. The average molecular weight is 468 g/mol. The number of nitrogens with zero attached hydrogens (tertiary/aromatic N) is 5. The van der Waals surface area contributed by atoms with Crippen molar-refractivity contribution in [1.82, 2.24) is 15.0 Å². The largest absolute Gasteiger partial charge is 0.481 e. The van der Waals surface area contributed by atoms with Gasteiger partial charge in [0.05, 0.1) is 22.8 Å². The van der Waals surface area contributed by atoms with E-state index in [-0.39, 0.29) is 24.0 Å². The van der Waals surface area contributed by atoms with Gasteiger partial charge in [-0.25, -0.2) is 5.43 Å². The molecule has 0 amide bonds. The molecule has 0 saturated carbocycles. The number of nitro benzene ring substituents is 1. The molecule has 14 nitrogen and oxygen atoms in total. The van der Waals surface area contributed by atoms with Crippen molar-refractivity contribution in [2.75, 3.05) is 29.9 Å². The summed E-state index contributed by atoms with van der Waals surface area (Å²) in [6.45, 7) is 1.10. The number of hydrogen-bond donors (Lipinski definition) is 4. The van der Waals surface area contributed by atoms with E-state index in [1.807, 2.05) is 30.3 Å². The van der Waals surface area contributed by atoms with E-state index < -0.39 is 10.9 Å². The van der Waals surface area contributed by atoms with Crippen LogP contribution >= 0.6 is 0 Å². The number of ether oxygens (including phenoxy) is 2. The van der Waals surface area contributed by atoms with Gasteiger partial charge < -0.3 is 25.2 Å². The van der Waals surface area contributed by atoms with Gasteiger partial charge in [-0.05, 0) is 18.2 Å². The number of nitrogens with one attached hydrogen (secondary N) is 3. The Bertz CT molecular complexity index is 1200. The summed E-state index contributed by atoms with van der Waals surface area (Å²) in [5.41, 5.74) is 3.54. The van der Waals surface area contributed by atoms with Gasteiger partial charge in [0.2, 0.25) is 24.6 Å². The molecule has 0 fully saturated rings. The molecule has 0 spiro atoms. The number of carboxylic acids is 1. The first kappa shape index (κ1) is 23.6. The van der Waals surface area contributed by atoms with Gasteiger partial charge in [0.1, 0.15) is 0 Å². The minimum atomic E-state index is -0.833. The standard InChI is InChI=1S/C18H16N8O4.C2H4O2/c1-19-16-22-17(21-12-5-3-2-4-6-12)24-18(23-16)25-20-9-11-7-14-15(30-10-29-14)8-13(11)26(27)28;1-2(3)4/h2-9H,10H2,1H3,(H3,19,21,22,23,24,25);1H3,(H,3,4)/b20-9+;. The highest BCUT2D eigenvalue weighted by Gasteiger charge is 2.22. The monoisotopic (exact) mass is 468 g/mol. The van der Waals surface area contributed by atoms with Gasteiger partial charge in [-0.1, -0.05) is 18.2 Å². The first-order valence-corrected chi connectivity index (χ1v) is 9.68. The minimum absolute atomic E-state index is 0.0141. The highest BCUT2D eigenvalue weighted by molar-refractivity contribution is 5.87. The number of para-hydroxylation sites is 1. The fraction of sp³-hybridized carbons (Fsp3) is 0.150. The zero-order valence-corrected chi connectivity index (χ0v) is 18.1. The molecule has 0 atom stereocenters. The number of carboxylic acid groups (broad SMARTS) is 1. The number of hydrogen-bond acceptors (Lipinski definition) is 12. The van der Waals surface area contributed by atoms with E-state index in [9.17, 15) is 10.1 Å². The second kappa shape index (κ2) is 11.0. The first-order valence-electron chi connectivity index (χ1n) is 9.68. The Morgan fingerprint density at radius 1 is 1.12 bits per heavy atom. The van der Waals surface area contributed by atoms with Crippen LogP contribution in [0.5, 0.6) is 11.5 Å². The van der Waals surface area contributed by atoms with Crippen LogP contribution in [0.2, 0.25) is 0 Å². The van der Waals surface area contributed by atoms with Gasteiger partial charge in [0.15, 0.2) is 11.5 Å². The fourth-order valence-corrected chi connectivity index (χ4v) is 2.61. The summed E-state index contributed by atoms with van der Waals surface area (Å²) < 4.78 is 10.4. The summed E-state index contributed by atoms with van der Waals surface area (Å²) in [5.74, 6) is 0.656. The van der Waals surface area contributed by atoms with E-state index in [2.05, 4.69) is 36.1 Å². The van der Waals surface area contributed by atoms with Crippen LogP contribution in [0.1, 0.15) is 12.5 Å². The number of aromatic nitrogens is 3. The average Bonchev–Trinajstić information content (AvgIpc) is 3.26. The number of rotatable bonds is 7. The number of benzene rings is 2. The van der Waals surface area contributed by atoms with Crippen LogP contribution in [0, 0.1) is 10.1 Å². The van der Waals surface area contributed by atoms with Gasteiger partial charge in [-0.15, -0.1) is 0 Å². The lowest BCUT2D eigenvalue weighted by Gasteiger charge is -2.08. The predicted octanol–water partition coefficient (Wildman–Crippen LogP) is 2.83. The normalized spacial score (nSPS) is 11.4. The smallest absolute Gasteiger partial charge is 0.300 e. The molecule has 0 saturated heterocycles. The number of hydrazone groups is 1. The van der Waals surface area contributed by atoms with Crippen molar-refractivity contribution < 1.29 is 24.3 Å². The SMILES string of the molecule is CC(=O)O.CNc1nc(N/N=C/c2cc3c(cc2[N+](=O)[O-])OCO3)nc(Nc2ccccc2)n1. The molecule has 0 radical (unpaired) electrons. The summed E-state index contributed by atoms with van der Waals surface area (Å²) in [6, 6.07) is 12.2. The van der Waals surface area contributed by atoms with Crippen molar-refractivity contribution >= 4 is 41.4 Å². The van der Waals surface area contributed by atoms with E-state index in [0.29, 0.717) is 23.4 Å². The van der Waals surface area contributed by atoms with Crippen molar-refractivity contribution in [2.24, 2.45) is 5.10 Å². The maximum absolute atomic E-state index is 11.3. The van der Waals surface area contributed by atoms with Gasteiger partial charge in [-0.2, -0.15) is 20.1 Å². The maximum atomic E-state index is 11.3. The lowest BCUT2D eigenvalue weighted by atomic mass is 10.1. The van der Waals surface area contributed by atoms with Crippen LogP contribution in [-0.2, 0) is 4.79 Å². The number of nitro groups is 1. The molecule has 1 aliphatic heterocycles. The van der Waals surface area contributed by atoms with Crippen molar-refractivity contribution in [1.29, 1.82) is 0 Å². The zero-order valence-electron chi connectivity index (χ0n) is 18.1. The van der Waals surface area contributed by atoms with E-state index >= 15 is 0 Å². The third-order valence-corrected chi connectivity index (χ3v) is 3.98. The van der Waals surface area contributed by atoms with Gasteiger partial charge in [0, 0.05) is 19.7 Å². The second-order valence-corrected chi connectivity index (χ2v) is 6.46. The van der Waals surface area contributed by atoms with Gasteiger partial charge in [-0.3, -0.25) is 14.9 Å². The Hall–Kier alpha value is -5.01. The maximum Gasteiger partial charge on any atom is 0.300 e. The molecule has 34 heavy (non-hydrogen) atoms. The van der Waals surface area contributed by atoms with Crippen molar-refractivity contribution in [2.45, 2.75) is 6.92 Å². The van der Waals surface area contributed by atoms with E-state index in [1.165, 1.54) is 18.3 Å². The van der Waals surface area contributed by atoms with Crippen LogP contribution in [-0.4, -0.2) is 51.0 Å². The summed E-state index contributed by atoms with van der Waals surface area (Å²) in [5, 5.41) is 28.7. The Morgan fingerprint density at radius 2 is 1.74 bits per heavy atom. The Labute approximate surface area is 192 Å². The molecule has 14 heteroatoms. The molecule has 0 bridgehead atoms. The van der Waals surface area contributed by atoms with Crippen molar-refractivity contribution in [3.8, 4) is 11.5 Å². The van der Waals surface area contributed by atoms with E-state index in [4.69, 9.17) is 19.4 Å². The molecule has 2 aromatic carbocycles. The highest BCUT2D eigenvalue weighted by atomic mass is 16.7. The van der Waals surface area contributed by atoms with Crippen LogP contribution in [0.3, 0.4) is 0 Å². The molecule has 0 aliphatic carbocycles. The van der Waals surface area contributed by atoms with E-state index in [0.717, 1.165) is 12.6 Å². The first-order chi connectivity index (χ1) is 16.4. The molecule has 0 unspecified atom stereocenters. The lowest BCUT2D eigenvalue weighted by Crippen LogP contribution is -2.07. The molecule has 3 aromatic rings. The third-order valence-electron chi connectivity index (χ3n) is 3.98. The zero-order chi connectivity index (χ0) is 24.5. The molecule has 176 valence electrons. The highest BCUT2D eigenvalue weighted by Crippen LogP contribution is 2.37. The molecule has 2 heterocycles. The Balaban J connectivity index is 0.000000751. The second-order valence-electron chi connectivity index (χ2n) is 6.46. The van der Waals surface area contributed by atoms with Crippen molar-refractivity contribution in [3.05, 3.63) is 58.1 Å². The molecule has 4 rings (SSSR count). The molecule has 1 aromatic heterocycles. The Kier molecular flexibility index (Phi) is 7.67. The van der Waals surface area contributed by atoms with Gasteiger partial charge >= 0.3 is 0 Å². The Morgan fingerprint density at radius 3 is 2.38 bits per heavy atom. The van der Waals surface area contributed by atoms with Crippen LogP contribution in [0.15, 0.2) is 47.6 Å². The molecular formula is C20H20N8O6. The van der Waals surface area contributed by atoms with E-state index in [1.54, 1.807) is 7.05 Å². The molecule has 4 N–H and O–H groups in total. The minimum Gasteiger partial charge on any atom is -0.481 e. The summed E-state index contributed by atoms with van der Waals surface area (Å²) >= 11 is 0. The lowest BCUT2D eigenvalue weighted by molar-refractivity contribution is -0.385. The molecule has 1 aliphatic rings. The number of aliphatic carboxylic acids is 1. The van der Waals surface area contributed by atoms with Crippen LogP contribution < -0.4 is 25.5 Å². The number of carbonyl (C=O) groups is 1. The number of fused-ring (bicyclic) bond motifs is 1. The fourth-order valence-electron chi connectivity index (χ4n) is 2.61. The third kappa shape index (κ3) is 6.49. The summed E-state index contributed by atoms with van der Waals surface area (Å²) in [6.07, 6.45) is 1.28. The summed E-state index contributed by atoms with van der Waals surface area (Å²) in [4.78, 5) is 32.5. The van der Waals surface area contributed by atoms with Crippen molar-refractivity contribution in [3.63, 3.8) is 0 Å². The summed E-state index contributed by atoms with van der Waals surface area (Å²) in [7, 11) is 1.67.